The summed E-state index contributed by atoms with van der Waals surface area (Å²) >= 11 is 1.50. The standard InChI is InChI=1S/C4H7N3OS/c1-2-9-4-5-3(8)6-7-4/h2H2,1H3,(H2,5,6,7,8). The number of nitrogens with one attached hydrogen (secondary N) is 2. The van der Waals surface area contributed by atoms with Crippen LogP contribution in [0.2, 0.25) is 0 Å². The van der Waals surface area contributed by atoms with E-state index < -0.39 is 0 Å². The quantitative estimate of drug-likeness (QED) is 0.585. The normalized spacial score (nSPS) is 9.89. The van der Waals surface area contributed by atoms with Gasteiger partial charge in [0.2, 0.25) is 0 Å². The van der Waals surface area contributed by atoms with E-state index in [0.29, 0.717) is 5.16 Å². The highest BCUT2D eigenvalue weighted by Crippen LogP contribution is 2.06. The van der Waals surface area contributed by atoms with Gasteiger partial charge in [-0.2, -0.15) is 0 Å². The Labute approximate surface area is 56.1 Å². The molecule has 0 aliphatic carbocycles. The number of aromatic amines is 2. The average Bonchev–Trinajstić information content (AvgIpc) is 2.17. The van der Waals surface area contributed by atoms with Gasteiger partial charge in [-0.1, -0.05) is 18.7 Å². The Balaban J connectivity index is 2.73. The van der Waals surface area contributed by atoms with Crippen LogP contribution < -0.4 is 5.69 Å². The van der Waals surface area contributed by atoms with Crippen molar-refractivity contribution in [2.24, 2.45) is 0 Å². The van der Waals surface area contributed by atoms with Gasteiger partial charge in [-0.05, 0) is 5.75 Å². The number of nitrogens with zero attached hydrogens (tertiary/aromatic N) is 1. The van der Waals surface area contributed by atoms with Gasteiger partial charge in [-0.3, -0.25) is 4.98 Å². The van der Waals surface area contributed by atoms with Gasteiger partial charge in [0.15, 0.2) is 5.16 Å². The predicted molar refractivity (Wildman–Crippen MR) is 35.6 cm³/mol. The van der Waals surface area contributed by atoms with Gasteiger partial charge in [0.05, 0.1) is 0 Å². The van der Waals surface area contributed by atoms with Crippen molar-refractivity contribution in [3.05, 3.63) is 10.5 Å². The number of thioether (sulfide) groups is 1. The van der Waals surface area contributed by atoms with Crippen LogP contribution in [0.5, 0.6) is 0 Å². The van der Waals surface area contributed by atoms with Crippen LogP contribution in [0.1, 0.15) is 6.92 Å². The van der Waals surface area contributed by atoms with E-state index in [1.165, 1.54) is 11.8 Å². The van der Waals surface area contributed by atoms with Gasteiger partial charge in [0, 0.05) is 0 Å². The Morgan fingerprint density at radius 2 is 2.56 bits per heavy atom. The van der Waals surface area contributed by atoms with Crippen LogP contribution in [-0.2, 0) is 0 Å². The number of hydrogen-bond donors (Lipinski definition) is 2. The highest BCUT2D eigenvalue weighted by atomic mass is 32.2. The second kappa shape index (κ2) is 2.72. The van der Waals surface area contributed by atoms with Crippen molar-refractivity contribution in [3.63, 3.8) is 0 Å². The molecular weight excluding hydrogens is 138 g/mol. The molecule has 0 spiro atoms. The monoisotopic (exact) mass is 145 g/mol. The van der Waals surface area contributed by atoms with E-state index in [4.69, 9.17) is 0 Å². The Bertz CT molecular complexity index is 228. The maximum atomic E-state index is 10.4. The zero-order chi connectivity index (χ0) is 6.69. The molecule has 4 nitrogen and oxygen atoms in total. The third kappa shape index (κ3) is 1.60. The Morgan fingerprint density at radius 3 is 3.00 bits per heavy atom. The summed E-state index contributed by atoms with van der Waals surface area (Å²) in [5, 5.41) is 6.60. The van der Waals surface area contributed by atoms with Crippen molar-refractivity contribution < 1.29 is 0 Å². The first-order valence-corrected chi connectivity index (χ1v) is 3.59. The molecule has 2 N–H and O–H groups in total. The fourth-order valence-electron chi connectivity index (χ4n) is 0.460. The lowest BCUT2D eigenvalue weighted by atomic mass is 11.0. The molecule has 9 heavy (non-hydrogen) atoms. The van der Waals surface area contributed by atoms with Gasteiger partial charge < -0.3 is 0 Å². The minimum atomic E-state index is -0.244. The van der Waals surface area contributed by atoms with E-state index in [1.807, 2.05) is 6.92 Å². The largest absolute Gasteiger partial charge is 0.341 e. The summed E-state index contributed by atoms with van der Waals surface area (Å²) < 4.78 is 0. The van der Waals surface area contributed by atoms with E-state index >= 15 is 0 Å². The molecule has 0 atom stereocenters. The maximum absolute atomic E-state index is 10.4. The number of H-pyrrole nitrogens is 2. The molecule has 0 aliphatic heterocycles. The maximum Gasteiger partial charge on any atom is 0.341 e. The van der Waals surface area contributed by atoms with Crippen LogP contribution in [0, 0.1) is 0 Å². The lowest BCUT2D eigenvalue weighted by Crippen LogP contribution is -2.00. The minimum absolute atomic E-state index is 0.244. The van der Waals surface area contributed by atoms with E-state index in [9.17, 15) is 4.79 Å². The van der Waals surface area contributed by atoms with Gasteiger partial charge >= 0.3 is 5.69 Å². The molecular formula is C4H7N3OS. The first-order chi connectivity index (χ1) is 4.33. The highest BCUT2D eigenvalue weighted by Gasteiger charge is 1.93. The molecule has 0 saturated carbocycles. The van der Waals surface area contributed by atoms with Gasteiger partial charge in [-0.25, -0.2) is 9.89 Å². The summed E-state index contributed by atoms with van der Waals surface area (Å²) in [5.41, 5.74) is -0.244. The van der Waals surface area contributed by atoms with Crippen molar-refractivity contribution in [2.75, 3.05) is 5.75 Å². The van der Waals surface area contributed by atoms with Crippen molar-refractivity contribution in [1.29, 1.82) is 0 Å². The molecule has 0 bridgehead atoms. The Hall–Kier alpha value is -0.710. The smallest absolute Gasteiger partial charge is 0.284 e. The van der Waals surface area contributed by atoms with Gasteiger partial charge in [0.1, 0.15) is 0 Å². The molecule has 0 amide bonds. The molecule has 0 fully saturated rings. The number of rotatable bonds is 2. The van der Waals surface area contributed by atoms with Gasteiger partial charge in [0.25, 0.3) is 0 Å². The van der Waals surface area contributed by atoms with E-state index in [2.05, 4.69) is 15.2 Å². The fourth-order valence-corrected chi connectivity index (χ4v) is 1.01. The van der Waals surface area contributed by atoms with E-state index in [1.54, 1.807) is 0 Å². The van der Waals surface area contributed by atoms with Gasteiger partial charge in [-0.15, -0.1) is 5.10 Å². The average molecular weight is 145 g/mol. The molecule has 1 aromatic rings. The van der Waals surface area contributed by atoms with Crippen LogP contribution >= 0.6 is 11.8 Å². The zero-order valence-electron chi connectivity index (χ0n) is 4.97. The second-order valence-electron chi connectivity index (χ2n) is 1.42. The van der Waals surface area contributed by atoms with E-state index in [0.717, 1.165) is 5.75 Å². The summed E-state index contributed by atoms with van der Waals surface area (Å²) in [5.74, 6) is 0.917. The van der Waals surface area contributed by atoms with Crippen LogP contribution in [0.3, 0.4) is 0 Å². The molecule has 50 valence electrons. The van der Waals surface area contributed by atoms with Crippen molar-refractivity contribution in [3.8, 4) is 0 Å². The predicted octanol–water partition coefficient (Wildman–Crippen LogP) is 0.210. The molecule has 5 heteroatoms. The molecule has 1 aromatic heterocycles. The summed E-state index contributed by atoms with van der Waals surface area (Å²) in [6.45, 7) is 2.00. The Kier molecular flexibility index (Phi) is 1.94. The molecule has 1 rings (SSSR count). The summed E-state index contributed by atoms with van der Waals surface area (Å²) in [6.07, 6.45) is 0. The molecule has 0 aliphatic rings. The summed E-state index contributed by atoms with van der Waals surface area (Å²) in [6, 6.07) is 0. The third-order valence-electron chi connectivity index (χ3n) is 0.761. The zero-order valence-corrected chi connectivity index (χ0v) is 5.79. The minimum Gasteiger partial charge on any atom is -0.284 e. The summed E-state index contributed by atoms with van der Waals surface area (Å²) in [4.78, 5) is 12.9. The van der Waals surface area contributed by atoms with Crippen molar-refractivity contribution in [2.45, 2.75) is 12.1 Å². The second-order valence-corrected chi connectivity index (χ2v) is 2.67. The molecule has 0 unspecified atom stereocenters. The van der Waals surface area contributed by atoms with E-state index in [-0.39, 0.29) is 5.69 Å². The summed E-state index contributed by atoms with van der Waals surface area (Å²) in [7, 11) is 0. The molecule has 1 heterocycles. The first kappa shape index (κ1) is 6.41. The lowest BCUT2D eigenvalue weighted by Gasteiger charge is -1.83. The Morgan fingerprint density at radius 1 is 1.78 bits per heavy atom. The van der Waals surface area contributed by atoms with Crippen LogP contribution in [0.4, 0.5) is 0 Å². The van der Waals surface area contributed by atoms with Crippen LogP contribution in [0.15, 0.2) is 9.95 Å². The fraction of sp³-hybridized carbons (Fsp3) is 0.500. The lowest BCUT2D eigenvalue weighted by molar-refractivity contribution is 0.971. The van der Waals surface area contributed by atoms with Crippen molar-refractivity contribution in [1.82, 2.24) is 15.2 Å². The topological polar surface area (TPSA) is 61.5 Å². The molecule has 0 saturated heterocycles. The molecule has 0 aromatic carbocycles. The first-order valence-electron chi connectivity index (χ1n) is 2.60. The SMILES string of the molecule is CCSc1n[nH]c(=O)[nH]1. The third-order valence-corrected chi connectivity index (χ3v) is 1.52. The number of hydrogen-bond acceptors (Lipinski definition) is 3. The highest BCUT2D eigenvalue weighted by molar-refractivity contribution is 7.99. The molecule has 0 radical (unpaired) electrons. The van der Waals surface area contributed by atoms with Crippen LogP contribution in [0.25, 0.3) is 0 Å². The number of aromatic nitrogens is 3. The van der Waals surface area contributed by atoms with Crippen LogP contribution in [-0.4, -0.2) is 20.9 Å². The van der Waals surface area contributed by atoms with Crippen molar-refractivity contribution >= 4 is 11.8 Å².